The van der Waals surface area contributed by atoms with Crippen molar-refractivity contribution in [3.8, 4) is 16.8 Å². The van der Waals surface area contributed by atoms with Gasteiger partial charge in [0.05, 0.1) is 5.69 Å². The minimum Gasteiger partial charge on any atom is -0.267 e. The van der Waals surface area contributed by atoms with Crippen LogP contribution in [-0.2, 0) is 0 Å². The Hall–Kier alpha value is -4.33. The predicted octanol–water partition coefficient (Wildman–Crippen LogP) is 2.40. The molecular weight excluding hydrogens is 368 g/mol. The molecule has 0 aliphatic rings. The summed E-state index contributed by atoms with van der Waals surface area (Å²) in [6.07, 6.45) is 1.46. The standard InChI is InChI=1S/C21H16N6O2/c28-20(17-8-6-16(7-9-17)15-4-2-1-3-5-15)23-24-21(29)18-10-12-19(13-11-18)27-14-22-25-26-27/h1-14H,(H,23,28)(H,24,29). The maximum Gasteiger partial charge on any atom is 0.269 e. The number of benzene rings is 3. The highest BCUT2D eigenvalue weighted by Gasteiger charge is 2.10. The monoisotopic (exact) mass is 384 g/mol. The number of carbonyl (C=O) groups is 2. The molecule has 1 heterocycles. The van der Waals surface area contributed by atoms with Gasteiger partial charge in [0.1, 0.15) is 6.33 Å². The molecule has 4 aromatic rings. The fraction of sp³-hybridized carbons (Fsp3) is 0. The van der Waals surface area contributed by atoms with E-state index < -0.39 is 11.8 Å². The Balaban J connectivity index is 1.36. The van der Waals surface area contributed by atoms with E-state index in [0.29, 0.717) is 16.8 Å². The molecule has 29 heavy (non-hydrogen) atoms. The summed E-state index contributed by atoms with van der Waals surface area (Å²) in [7, 11) is 0. The van der Waals surface area contributed by atoms with Crippen LogP contribution in [0.5, 0.6) is 0 Å². The Kier molecular flexibility index (Phi) is 5.06. The third kappa shape index (κ3) is 4.16. The highest BCUT2D eigenvalue weighted by molar-refractivity contribution is 5.99. The molecule has 0 aliphatic carbocycles. The van der Waals surface area contributed by atoms with E-state index in [4.69, 9.17) is 0 Å². The first-order chi connectivity index (χ1) is 14.2. The van der Waals surface area contributed by atoms with E-state index in [-0.39, 0.29) is 0 Å². The minimum absolute atomic E-state index is 0.390. The van der Waals surface area contributed by atoms with Crippen molar-refractivity contribution in [2.24, 2.45) is 0 Å². The van der Waals surface area contributed by atoms with Crippen LogP contribution in [-0.4, -0.2) is 32.0 Å². The third-order valence-corrected chi connectivity index (χ3v) is 4.29. The van der Waals surface area contributed by atoms with Gasteiger partial charge in [0, 0.05) is 11.1 Å². The third-order valence-electron chi connectivity index (χ3n) is 4.29. The first kappa shape index (κ1) is 18.1. The molecule has 8 nitrogen and oxygen atoms in total. The lowest BCUT2D eigenvalue weighted by Gasteiger charge is -2.09. The lowest BCUT2D eigenvalue weighted by Crippen LogP contribution is -2.41. The van der Waals surface area contributed by atoms with Crippen LogP contribution in [0.15, 0.2) is 85.2 Å². The summed E-state index contributed by atoms with van der Waals surface area (Å²) in [6, 6.07) is 23.7. The molecule has 1 aromatic heterocycles. The van der Waals surface area contributed by atoms with Crippen molar-refractivity contribution in [3.05, 3.63) is 96.3 Å². The number of rotatable bonds is 4. The molecule has 0 radical (unpaired) electrons. The van der Waals surface area contributed by atoms with Crippen LogP contribution in [0, 0.1) is 0 Å². The maximum absolute atomic E-state index is 12.3. The molecule has 8 heteroatoms. The first-order valence-electron chi connectivity index (χ1n) is 8.80. The van der Waals surface area contributed by atoms with Crippen molar-refractivity contribution in [2.45, 2.75) is 0 Å². The Morgan fingerprint density at radius 3 is 1.79 bits per heavy atom. The van der Waals surface area contributed by atoms with Gasteiger partial charge in [-0.25, -0.2) is 4.68 Å². The van der Waals surface area contributed by atoms with Gasteiger partial charge in [-0.15, -0.1) is 5.10 Å². The van der Waals surface area contributed by atoms with Crippen LogP contribution in [0.2, 0.25) is 0 Å². The minimum atomic E-state index is -0.428. The molecule has 2 amide bonds. The van der Waals surface area contributed by atoms with Crippen LogP contribution in [0.1, 0.15) is 20.7 Å². The average molecular weight is 384 g/mol. The van der Waals surface area contributed by atoms with E-state index in [1.807, 2.05) is 42.5 Å². The number of tetrazole rings is 1. The molecule has 0 unspecified atom stereocenters. The van der Waals surface area contributed by atoms with Gasteiger partial charge in [0.25, 0.3) is 11.8 Å². The summed E-state index contributed by atoms with van der Waals surface area (Å²) in [6.45, 7) is 0. The van der Waals surface area contributed by atoms with Gasteiger partial charge in [0.15, 0.2) is 0 Å². The summed E-state index contributed by atoms with van der Waals surface area (Å²) < 4.78 is 1.47. The van der Waals surface area contributed by atoms with Crippen LogP contribution >= 0.6 is 0 Å². The molecule has 0 aliphatic heterocycles. The number of hydrogen-bond acceptors (Lipinski definition) is 5. The van der Waals surface area contributed by atoms with Crippen molar-refractivity contribution < 1.29 is 9.59 Å². The predicted molar refractivity (Wildman–Crippen MR) is 106 cm³/mol. The quantitative estimate of drug-likeness (QED) is 0.526. The molecule has 0 fully saturated rings. The summed E-state index contributed by atoms with van der Waals surface area (Å²) in [5.74, 6) is -0.828. The molecule has 4 rings (SSSR count). The van der Waals surface area contributed by atoms with Gasteiger partial charge in [-0.05, 0) is 58.0 Å². The van der Waals surface area contributed by atoms with Gasteiger partial charge >= 0.3 is 0 Å². The van der Waals surface area contributed by atoms with Crippen molar-refractivity contribution in [2.75, 3.05) is 0 Å². The lowest BCUT2D eigenvalue weighted by molar-refractivity contribution is 0.0846. The van der Waals surface area contributed by atoms with Gasteiger partial charge in [-0.3, -0.25) is 20.4 Å². The van der Waals surface area contributed by atoms with Crippen LogP contribution in [0.3, 0.4) is 0 Å². The molecular formula is C21H16N6O2. The van der Waals surface area contributed by atoms with E-state index in [1.165, 1.54) is 11.0 Å². The van der Waals surface area contributed by atoms with E-state index in [9.17, 15) is 9.59 Å². The summed E-state index contributed by atoms with van der Waals surface area (Å²) in [5, 5.41) is 10.9. The number of aromatic nitrogens is 4. The Labute approximate surface area is 166 Å². The van der Waals surface area contributed by atoms with Crippen molar-refractivity contribution in [3.63, 3.8) is 0 Å². The number of carbonyl (C=O) groups excluding carboxylic acids is 2. The number of nitrogens with one attached hydrogen (secondary N) is 2. The second-order valence-electron chi connectivity index (χ2n) is 6.15. The smallest absolute Gasteiger partial charge is 0.267 e. The Bertz CT molecular complexity index is 1110. The van der Waals surface area contributed by atoms with Gasteiger partial charge in [0.2, 0.25) is 0 Å². The van der Waals surface area contributed by atoms with Crippen molar-refractivity contribution >= 4 is 11.8 Å². The van der Waals surface area contributed by atoms with E-state index >= 15 is 0 Å². The number of hydrazine groups is 1. The zero-order valence-corrected chi connectivity index (χ0v) is 15.2. The van der Waals surface area contributed by atoms with Gasteiger partial charge < -0.3 is 0 Å². The second-order valence-corrected chi connectivity index (χ2v) is 6.15. The number of amides is 2. The number of nitrogens with zero attached hydrogens (tertiary/aromatic N) is 4. The van der Waals surface area contributed by atoms with Crippen molar-refractivity contribution in [1.29, 1.82) is 0 Å². The first-order valence-corrected chi connectivity index (χ1v) is 8.80. The van der Waals surface area contributed by atoms with Crippen LogP contribution in [0.4, 0.5) is 0 Å². The van der Waals surface area contributed by atoms with Gasteiger partial charge in [-0.1, -0.05) is 42.5 Å². The van der Waals surface area contributed by atoms with Crippen LogP contribution in [0.25, 0.3) is 16.8 Å². The fourth-order valence-corrected chi connectivity index (χ4v) is 2.75. The van der Waals surface area contributed by atoms with E-state index in [0.717, 1.165) is 11.1 Å². The topological polar surface area (TPSA) is 102 Å². The Morgan fingerprint density at radius 1 is 0.690 bits per heavy atom. The lowest BCUT2D eigenvalue weighted by atomic mass is 10.0. The summed E-state index contributed by atoms with van der Waals surface area (Å²) >= 11 is 0. The van der Waals surface area contributed by atoms with Crippen molar-refractivity contribution in [1.82, 2.24) is 31.1 Å². The van der Waals surface area contributed by atoms with E-state index in [1.54, 1.807) is 36.4 Å². The average Bonchev–Trinajstić information content (AvgIpc) is 3.33. The Morgan fingerprint density at radius 2 is 1.24 bits per heavy atom. The SMILES string of the molecule is O=C(NNC(=O)c1ccc(-n2cnnn2)cc1)c1ccc(-c2ccccc2)cc1. The van der Waals surface area contributed by atoms with Gasteiger partial charge in [-0.2, -0.15) is 0 Å². The second kappa shape index (κ2) is 8.13. The number of hydrogen-bond donors (Lipinski definition) is 2. The molecule has 0 saturated carbocycles. The maximum atomic E-state index is 12.3. The van der Waals surface area contributed by atoms with E-state index in [2.05, 4.69) is 26.4 Å². The molecule has 3 aromatic carbocycles. The largest absolute Gasteiger partial charge is 0.269 e. The summed E-state index contributed by atoms with van der Waals surface area (Å²) in [4.78, 5) is 24.5. The highest BCUT2D eigenvalue weighted by Crippen LogP contribution is 2.19. The molecule has 0 spiro atoms. The molecule has 142 valence electrons. The van der Waals surface area contributed by atoms with Crippen LogP contribution < -0.4 is 10.9 Å². The fourth-order valence-electron chi connectivity index (χ4n) is 2.75. The highest BCUT2D eigenvalue weighted by atomic mass is 16.2. The zero-order valence-electron chi connectivity index (χ0n) is 15.2. The molecule has 0 saturated heterocycles. The normalized spacial score (nSPS) is 10.3. The molecule has 0 atom stereocenters. The zero-order chi connectivity index (χ0) is 20.1. The molecule has 0 bridgehead atoms. The summed E-state index contributed by atoms with van der Waals surface area (Å²) in [5.41, 5.74) is 8.46. The molecule has 2 N–H and O–H groups in total.